The summed E-state index contributed by atoms with van der Waals surface area (Å²) >= 11 is 0. The number of aliphatic imine (C=N–C) groups is 1. The third kappa shape index (κ3) is 1.52. The topological polar surface area (TPSA) is 38.7 Å². The Morgan fingerprint density at radius 2 is 2.43 bits per heavy atom. The van der Waals surface area contributed by atoms with Crippen molar-refractivity contribution in [1.29, 1.82) is 0 Å². The number of hydrogen-bond donors (Lipinski definition) is 0. The van der Waals surface area contributed by atoms with Gasteiger partial charge in [-0.2, -0.15) is 4.99 Å². The van der Waals surface area contributed by atoms with E-state index < -0.39 is 0 Å². The van der Waals surface area contributed by atoms with Gasteiger partial charge in [-0.15, -0.1) is 0 Å². The minimum Gasteiger partial charge on any atom is -0.493 e. The molecule has 0 saturated carbocycles. The number of isocyanates is 1. The van der Waals surface area contributed by atoms with Gasteiger partial charge in [-0.3, -0.25) is 0 Å². The zero-order valence-corrected chi connectivity index (χ0v) is 7.37. The van der Waals surface area contributed by atoms with E-state index in [0.29, 0.717) is 18.8 Å². The normalized spacial score (nSPS) is 19.1. The van der Waals surface area contributed by atoms with Crippen LogP contribution >= 0.6 is 0 Å². The lowest BCUT2D eigenvalue weighted by molar-refractivity contribution is 0.268. The fourth-order valence-electron chi connectivity index (χ4n) is 1.54. The van der Waals surface area contributed by atoms with E-state index >= 15 is 0 Å². The summed E-state index contributed by atoms with van der Waals surface area (Å²) < 4.78 is 18.1. The largest absolute Gasteiger partial charge is 0.493 e. The standard InChI is InChI=1S/C10H8FNO2/c11-7-1-2-8-9(12-6-13)3-4-14-10(8)5-7/h1-2,5,9H,3-4H2. The predicted molar refractivity (Wildman–Crippen MR) is 47.4 cm³/mol. The molecule has 1 aliphatic heterocycles. The zero-order valence-electron chi connectivity index (χ0n) is 7.37. The van der Waals surface area contributed by atoms with Crippen molar-refractivity contribution in [2.45, 2.75) is 12.5 Å². The number of halogens is 1. The molecule has 1 unspecified atom stereocenters. The van der Waals surface area contributed by atoms with Crippen molar-refractivity contribution in [1.82, 2.24) is 0 Å². The minimum absolute atomic E-state index is 0.239. The number of ether oxygens (including phenoxy) is 1. The Morgan fingerprint density at radius 1 is 1.57 bits per heavy atom. The highest BCUT2D eigenvalue weighted by Gasteiger charge is 2.20. The van der Waals surface area contributed by atoms with Crippen LogP contribution in [0.5, 0.6) is 5.75 Å². The molecule has 0 fully saturated rings. The van der Waals surface area contributed by atoms with Gasteiger partial charge in [-0.25, -0.2) is 9.18 Å². The average molecular weight is 193 g/mol. The summed E-state index contributed by atoms with van der Waals surface area (Å²) in [5.74, 6) is 0.125. The van der Waals surface area contributed by atoms with Gasteiger partial charge < -0.3 is 4.74 Å². The molecule has 4 heteroatoms. The Morgan fingerprint density at radius 3 is 3.21 bits per heavy atom. The van der Waals surface area contributed by atoms with Crippen LogP contribution in [0.2, 0.25) is 0 Å². The molecule has 0 radical (unpaired) electrons. The van der Waals surface area contributed by atoms with Gasteiger partial charge in [0.15, 0.2) is 0 Å². The highest BCUT2D eigenvalue weighted by atomic mass is 19.1. The van der Waals surface area contributed by atoms with Gasteiger partial charge >= 0.3 is 0 Å². The molecule has 3 nitrogen and oxygen atoms in total. The molecule has 1 aromatic rings. The van der Waals surface area contributed by atoms with Crippen molar-refractivity contribution in [3.63, 3.8) is 0 Å². The van der Waals surface area contributed by atoms with Crippen LogP contribution < -0.4 is 4.74 Å². The first-order valence-electron chi connectivity index (χ1n) is 4.30. The molecule has 0 saturated heterocycles. The smallest absolute Gasteiger partial charge is 0.235 e. The maximum atomic E-state index is 12.8. The molecule has 0 aromatic heterocycles. The molecule has 14 heavy (non-hydrogen) atoms. The molecule has 0 spiro atoms. The molecule has 1 atom stereocenters. The van der Waals surface area contributed by atoms with Crippen molar-refractivity contribution in [2.24, 2.45) is 4.99 Å². The second-order valence-electron chi connectivity index (χ2n) is 3.06. The average Bonchev–Trinajstić information content (AvgIpc) is 2.18. The van der Waals surface area contributed by atoms with E-state index in [1.807, 2.05) is 0 Å². The van der Waals surface area contributed by atoms with E-state index in [4.69, 9.17) is 4.74 Å². The van der Waals surface area contributed by atoms with Crippen LogP contribution in [0.25, 0.3) is 0 Å². The number of fused-ring (bicyclic) bond motifs is 1. The first-order valence-corrected chi connectivity index (χ1v) is 4.30. The highest BCUT2D eigenvalue weighted by Crippen LogP contribution is 2.34. The van der Waals surface area contributed by atoms with Crippen molar-refractivity contribution in [2.75, 3.05) is 6.61 Å². The summed E-state index contributed by atoms with van der Waals surface area (Å²) in [4.78, 5) is 13.8. The first-order chi connectivity index (χ1) is 6.81. The molecular weight excluding hydrogens is 185 g/mol. The van der Waals surface area contributed by atoms with E-state index in [2.05, 4.69) is 4.99 Å². The van der Waals surface area contributed by atoms with Crippen molar-refractivity contribution < 1.29 is 13.9 Å². The van der Waals surface area contributed by atoms with Crippen LogP contribution in [0.15, 0.2) is 23.2 Å². The fraction of sp³-hybridized carbons (Fsp3) is 0.300. The molecule has 0 N–H and O–H groups in total. The Hall–Kier alpha value is -1.67. The summed E-state index contributed by atoms with van der Waals surface area (Å²) in [7, 11) is 0. The third-order valence-corrected chi connectivity index (χ3v) is 2.19. The van der Waals surface area contributed by atoms with E-state index in [-0.39, 0.29) is 11.9 Å². The van der Waals surface area contributed by atoms with Gasteiger partial charge in [0.25, 0.3) is 0 Å². The lowest BCUT2D eigenvalue weighted by Gasteiger charge is -2.21. The van der Waals surface area contributed by atoms with Crippen molar-refractivity contribution in [3.05, 3.63) is 29.6 Å². The quantitative estimate of drug-likeness (QED) is 0.505. The van der Waals surface area contributed by atoms with Crippen LogP contribution in [0.4, 0.5) is 4.39 Å². The van der Waals surface area contributed by atoms with Gasteiger partial charge in [0, 0.05) is 18.1 Å². The fourth-order valence-corrected chi connectivity index (χ4v) is 1.54. The first kappa shape index (κ1) is 8.91. The Bertz CT molecular complexity index is 399. The molecule has 72 valence electrons. The summed E-state index contributed by atoms with van der Waals surface area (Å²) in [5, 5.41) is 0. The highest BCUT2D eigenvalue weighted by molar-refractivity contribution is 5.41. The number of hydrogen-bond acceptors (Lipinski definition) is 3. The number of rotatable bonds is 1. The second kappa shape index (κ2) is 3.60. The van der Waals surface area contributed by atoms with Crippen LogP contribution in [-0.2, 0) is 4.79 Å². The van der Waals surface area contributed by atoms with Gasteiger partial charge in [0.1, 0.15) is 11.6 Å². The molecule has 2 rings (SSSR count). The van der Waals surface area contributed by atoms with Gasteiger partial charge in [0.05, 0.1) is 12.6 Å². The van der Waals surface area contributed by atoms with Gasteiger partial charge in [-0.05, 0) is 6.07 Å². The lowest BCUT2D eigenvalue weighted by Crippen LogP contribution is -2.12. The van der Waals surface area contributed by atoms with Crippen LogP contribution in [0.3, 0.4) is 0 Å². The summed E-state index contributed by atoms with van der Waals surface area (Å²) in [5.41, 5.74) is 0.751. The Balaban J connectivity index is 2.44. The summed E-state index contributed by atoms with van der Waals surface area (Å²) in [6, 6.07) is 4.00. The summed E-state index contributed by atoms with van der Waals surface area (Å²) in [6.45, 7) is 0.451. The van der Waals surface area contributed by atoms with Crippen LogP contribution in [-0.4, -0.2) is 12.7 Å². The maximum absolute atomic E-state index is 12.8. The molecule has 0 bridgehead atoms. The van der Waals surface area contributed by atoms with E-state index in [9.17, 15) is 9.18 Å². The molecule has 1 heterocycles. The van der Waals surface area contributed by atoms with Crippen LogP contribution in [0.1, 0.15) is 18.0 Å². The minimum atomic E-state index is -0.348. The van der Waals surface area contributed by atoms with E-state index in [1.165, 1.54) is 18.2 Å². The molecular formula is C10H8FNO2. The second-order valence-corrected chi connectivity index (χ2v) is 3.06. The summed E-state index contributed by atoms with van der Waals surface area (Å²) in [6.07, 6.45) is 2.15. The molecule has 1 aromatic carbocycles. The zero-order chi connectivity index (χ0) is 9.97. The Labute approximate surface area is 80.2 Å². The molecule has 0 aliphatic carbocycles. The van der Waals surface area contributed by atoms with E-state index in [1.54, 1.807) is 6.07 Å². The van der Waals surface area contributed by atoms with Gasteiger partial charge in [0.2, 0.25) is 6.08 Å². The predicted octanol–water partition coefficient (Wildman–Crippen LogP) is 1.99. The Kier molecular flexibility index (Phi) is 2.29. The number of nitrogens with zero attached hydrogens (tertiary/aromatic N) is 1. The van der Waals surface area contributed by atoms with Gasteiger partial charge in [-0.1, -0.05) is 6.07 Å². The SMILES string of the molecule is O=C=NC1CCOc2cc(F)ccc21. The number of carbonyl (C=O) groups excluding carboxylic acids is 1. The van der Waals surface area contributed by atoms with Crippen molar-refractivity contribution >= 4 is 6.08 Å². The monoisotopic (exact) mass is 193 g/mol. The third-order valence-electron chi connectivity index (χ3n) is 2.19. The lowest BCUT2D eigenvalue weighted by atomic mass is 10.0. The molecule has 1 aliphatic rings. The molecule has 0 amide bonds. The van der Waals surface area contributed by atoms with E-state index in [0.717, 1.165) is 5.56 Å². The maximum Gasteiger partial charge on any atom is 0.235 e. The van der Waals surface area contributed by atoms with Crippen molar-refractivity contribution in [3.8, 4) is 5.75 Å². The van der Waals surface area contributed by atoms with Crippen LogP contribution in [0, 0.1) is 5.82 Å². The number of benzene rings is 1.